The maximum atomic E-state index is 12.3. The van der Waals surface area contributed by atoms with Crippen molar-refractivity contribution in [1.29, 1.82) is 0 Å². The molecule has 1 aromatic heterocycles. The van der Waals surface area contributed by atoms with E-state index in [0.29, 0.717) is 24.0 Å². The van der Waals surface area contributed by atoms with Crippen LogP contribution in [0.15, 0.2) is 60.7 Å². The molecular weight excluding hydrogens is 338 g/mol. The number of ether oxygens (including phenoxy) is 1. The van der Waals surface area contributed by atoms with Crippen LogP contribution < -0.4 is 10.1 Å². The molecule has 0 fully saturated rings. The van der Waals surface area contributed by atoms with E-state index in [9.17, 15) is 4.79 Å². The van der Waals surface area contributed by atoms with Gasteiger partial charge in [0.25, 0.3) is 5.91 Å². The zero-order valence-corrected chi connectivity index (χ0v) is 16.0. The van der Waals surface area contributed by atoms with Gasteiger partial charge in [-0.3, -0.25) is 4.79 Å². The molecule has 3 aromatic rings. The highest BCUT2D eigenvalue weighted by molar-refractivity contribution is 5.91. The summed E-state index contributed by atoms with van der Waals surface area (Å²) >= 11 is 0. The lowest BCUT2D eigenvalue weighted by Gasteiger charge is -2.11. The Morgan fingerprint density at radius 2 is 1.81 bits per heavy atom. The van der Waals surface area contributed by atoms with Gasteiger partial charge >= 0.3 is 0 Å². The van der Waals surface area contributed by atoms with Crippen molar-refractivity contribution in [3.63, 3.8) is 0 Å². The van der Waals surface area contributed by atoms with Crippen molar-refractivity contribution in [3.05, 3.63) is 77.5 Å². The Kier molecular flexibility index (Phi) is 5.91. The molecule has 140 valence electrons. The van der Waals surface area contributed by atoms with Crippen LogP contribution in [0.4, 0.5) is 5.82 Å². The molecule has 0 atom stereocenters. The number of carbonyl (C=O) groups is 1. The van der Waals surface area contributed by atoms with Gasteiger partial charge in [-0.1, -0.05) is 56.3 Å². The fourth-order valence-electron chi connectivity index (χ4n) is 2.80. The van der Waals surface area contributed by atoms with Crippen molar-refractivity contribution in [3.8, 4) is 5.75 Å². The number of nitrogens with one attached hydrogen (secondary N) is 1. The average Bonchev–Trinajstić information content (AvgIpc) is 3.00. The van der Waals surface area contributed by atoms with Crippen LogP contribution in [0.25, 0.3) is 0 Å². The first-order valence-electron chi connectivity index (χ1n) is 9.12. The van der Waals surface area contributed by atoms with E-state index in [-0.39, 0.29) is 12.5 Å². The minimum atomic E-state index is -0.211. The molecule has 3 rings (SSSR count). The molecule has 0 radical (unpaired) electrons. The van der Waals surface area contributed by atoms with Gasteiger partial charge in [-0.2, -0.15) is 5.10 Å². The van der Waals surface area contributed by atoms with E-state index in [1.54, 1.807) is 4.68 Å². The van der Waals surface area contributed by atoms with E-state index in [1.165, 1.54) is 5.56 Å². The van der Waals surface area contributed by atoms with Gasteiger partial charge in [0.1, 0.15) is 11.6 Å². The number of hydrogen-bond donors (Lipinski definition) is 1. The van der Waals surface area contributed by atoms with Crippen LogP contribution in [0, 0.1) is 6.92 Å². The van der Waals surface area contributed by atoms with Crippen molar-refractivity contribution in [2.75, 3.05) is 11.9 Å². The third-order valence-corrected chi connectivity index (χ3v) is 4.26. The smallest absolute Gasteiger partial charge is 0.263 e. The van der Waals surface area contributed by atoms with Crippen LogP contribution >= 0.6 is 0 Å². The summed E-state index contributed by atoms with van der Waals surface area (Å²) in [6.07, 6.45) is 0. The largest absolute Gasteiger partial charge is 0.484 e. The van der Waals surface area contributed by atoms with Gasteiger partial charge in [0.2, 0.25) is 0 Å². The number of amides is 1. The fraction of sp³-hybridized carbons (Fsp3) is 0.273. The third kappa shape index (κ3) is 5.20. The Labute approximate surface area is 160 Å². The number of anilines is 1. The Morgan fingerprint density at radius 3 is 2.48 bits per heavy atom. The zero-order valence-electron chi connectivity index (χ0n) is 16.0. The zero-order chi connectivity index (χ0) is 19.2. The van der Waals surface area contributed by atoms with Crippen LogP contribution in [-0.2, 0) is 11.3 Å². The second kappa shape index (κ2) is 8.54. The highest BCUT2D eigenvalue weighted by Crippen LogP contribution is 2.19. The molecule has 0 saturated heterocycles. The lowest BCUT2D eigenvalue weighted by atomic mass is 10.0. The van der Waals surface area contributed by atoms with E-state index in [1.807, 2.05) is 67.6 Å². The number of nitrogens with zero attached hydrogens (tertiary/aromatic N) is 2. The SMILES string of the molecule is Cc1cc(NC(=O)COc2ccc(C(C)C)cc2)n(Cc2ccccc2)n1. The quantitative estimate of drug-likeness (QED) is 0.678. The molecule has 0 bridgehead atoms. The molecule has 5 heteroatoms. The number of carbonyl (C=O) groups excluding carboxylic acids is 1. The molecule has 1 N–H and O–H groups in total. The summed E-state index contributed by atoms with van der Waals surface area (Å²) in [6, 6.07) is 19.7. The Bertz CT molecular complexity index is 884. The monoisotopic (exact) mass is 363 g/mol. The van der Waals surface area contributed by atoms with Crippen LogP contribution in [0.5, 0.6) is 5.75 Å². The van der Waals surface area contributed by atoms with Crippen LogP contribution in [0.2, 0.25) is 0 Å². The van der Waals surface area contributed by atoms with Crippen molar-refractivity contribution < 1.29 is 9.53 Å². The Balaban J connectivity index is 1.59. The lowest BCUT2D eigenvalue weighted by Crippen LogP contribution is -2.22. The van der Waals surface area contributed by atoms with Gasteiger partial charge < -0.3 is 10.1 Å². The van der Waals surface area contributed by atoms with Gasteiger partial charge in [-0.15, -0.1) is 0 Å². The van der Waals surface area contributed by atoms with Gasteiger partial charge in [-0.25, -0.2) is 4.68 Å². The standard InChI is InChI=1S/C22H25N3O2/c1-16(2)19-9-11-20(12-10-19)27-15-22(26)23-21-13-17(3)24-25(21)14-18-7-5-4-6-8-18/h4-13,16H,14-15H2,1-3H3,(H,23,26). The number of rotatable bonds is 7. The normalized spacial score (nSPS) is 10.8. The maximum absolute atomic E-state index is 12.3. The van der Waals surface area contributed by atoms with Gasteiger partial charge in [-0.05, 0) is 36.1 Å². The van der Waals surface area contributed by atoms with Gasteiger partial charge in [0.05, 0.1) is 12.2 Å². The van der Waals surface area contributed by atoms with Gasteiger partial charge in [0.15, 0.2) is 6.61 Å². The van der Waals surface area contributed by atoms with E-state index in [4.69, 9.17) is 4.74 Å². The van der Waals surface area contributed by atoms with Crippen LogP contribution in [-0.4, -0.2) is 22.3 Å². The van der Waals surface area contributed by atoms with Crippen LogP contribution in [0.3, 0.4) is 0 Å². The van der Waals surface area contributed by atoms with Crippen molar-refractivity contribution >= 4 is 11.7 Å². The topological polar surface area (TPSA) is 56.1 Å². The molecule has 0 aliphatic carbocycles. The van der Waals surface area contributed by atoms with Crippen molar-refractivity contribution in [2.45, 2.75) is 33.2 Å². The number of aromatic nitrogens is 2. The summed E-state index contributed by atoms with van der Waals surface area (Å²) in [5.41, 5.74) is 3.22. The fourth-order valence-corrected chi connectivity index (χ4v) is 2.80. The minimum Gasteiger partial charge on any atom is -0.484 e. The second-order valence-electron chi connectivity index (χ2n) is 6.87. The molecule has 0 aliphatic heterocycles. The first-order valence-corrected chi connectivity index (χ1v) is 9.12. The molecular formula is C22H25N3O2. The molecule has 0 saturated carbocycles. The predicted octanol–water partition coefficient (Wildman–Crippen LogP) is 4.38. The summed E-state index contributed by atoms with van der Waals surface area (Å²) in [4.78, 5) is 12.3. The summed E-state index contributed by atoms with van der Waals surface area (Å²) < 4.78 is 7.39. The second-order valence-corrected chi connectivity index (χ2v) is 6.87. The Morgan fingerprint density at radius 1 is 1.11 bits per heavy atom. The molecule has 1 amide bonds. The average molecular weight is 363 g/mol. The van der Waals surface area contributed by atoms with Crippen molar-refractivity contribution in [2.24, 2.45) is 0 Å². The summed E-state index contributed by atoms with van der Waals surface area (Å²) in [7, 11) is 0. The lowest BCUT2D eigenvalue weighted by molar-refractivity contribution is -0.118. The van der Waals surface area contributed by atoms with E-state index in [0.717, 1.165) is 11.3 Å². The molecule has 27 heavy (non-hydrogen) atoms. The van der Waals surface area contributed by atoms with E-state index >= 15 is 0 Å². The first kappa shape index (κ1) is 18.7. The van der Waals surface area contributed by atoms with Crippen LogP contribution in [0.1, 0.15) is 36.6 Å². The highest BCUT2D eigenvalue weighted by atomic mass is 16.5. The molecule has 0 unspecified atom stereocenters. The minimum absolute atomic E-state index is 0.0450. The molecule has 2 aromatic carbocycles. The summed E-state index contributed by atoms with van der Waals surface area (Å²) in [5.74, 6) is 1.61. The number of aryl methyl sites for hydroxylation is 1. The molecule has 0 aliphatic rings. The van der Waals surface area contributed by atoms with Crippen molar-refractivity contribution in [1.82, 2.24) is 9.78 Å². The Hall–Kier alpha value is -3.08. The molecule has 1 heterocycles. The van der Waals surface area contributed by atoms with Gasteiger partial charge in [0, 0.05) is 6.07 Å². The third-order valence-electron chi connectivity index (χ3n) is 4.26. The summed E-state index contributed by atoms with van der Waals surface area (Å²) in [6.45, 7) is 6.75. The number of benzene rings is 2. The molecule has 5 nitrogen and oxygen atoms in total. The summed E-state index contributed by atoms with van der Waals surface area (Å²) in [5, 5.41) is 7.35. The molecule has 0 spiro atoms. The maximum Gasteiger partial charge on any atom is 0.263 e. The first-order chi connectivity index (χ1) is 13.0. The van der Waals surface area contributed by atoms with E-state index < -0.39 is 0 Å². The predicted molar refractivity (Wildman–Crippen MR) is 107 cm³/mol. The van der Waals surface area contributed by atoms with E-state index in [2.05, 4.69) is 24.3 Å². The number of hydrogen-bond acceptors (Lipinski definition) is 3. The highest BCUT2D eigenvalue weighted by Gasteiger charge is 2.11.